The lowest BCUT2D eigenvalue weighted by molar-refractivity contribution is -0.154. The lowest BCUT2D eigenvalue weighted by Crippen LogP contribution is -2.26. The van der Waals surface area contributed by atoms with Gasteiger partial charge < -0.3 is 10.1 Å². The summed E-state index contributed by atoms with van der Waals surface area (Å²) in [5.41, 5.74) is 2.42. The van der Waals surface area contributed by atoms with E-state index in [-0.39, 0.29) is 12.0 Å². The van der Waals surface area contributed by atoms with E-state index < -0.39 is 23.8 Å². The summed E-state index contributed by atoms with van der Waals surface area (Å²) in [6.07, 6.45) is -1.39. The van der Waals surface area contributed by atoms with Crippen LogP contribution in [0.4, 0.5) is 10.1 Å². The van der Waals surface area contributed by atoms with Gasteiger partial charge in [0.15, 0.2) is 0 Å². The first-order valence-electron chi connectivity index (χ1n) is 8.88. The van der Waals surface area contributed by atoms with Gasteiger partial charge in [-0.05, 0) is 30.7 Å². The molecule has 0 saturated carbocycles. The molecular formula is C23H20FNO3. The quantitative estimate of drug-likeness (QED) is 0.639. The lowest BCUT2D eigenvalue weighted by Gasteiger charge is -2.18. The first-order chi connectivity index (χ1) is 13.5. The molecule has 0 aliphatic rings. The molecule has 0 bridgehead atoms. The van der Waals surface area contributed by atoms with Crippen LogP contribution in [0.5, 0.6) is 0 Å². The van der Waals surface area contributed by atoms with Crippen molar-refractivity contribution in [2.24, 2.45) is 0 Å². The molecule has 3 aromatic carbocycles. The van der Waals surface area contributed by atoms with E-state index in [2.05, 4.69) is 5.32 Å². The molecule has 28 heavy (non-hydrogen) atoms. The van der Waals surface area contributed by atoms with Crippen molar-refractivity contribution >= 4 is 17.6 Å². The van der Waals surface area contributed by atoms with Gasteiger partial charge in [0.25, 0.3) is 5.91 Å². The molecule has 1 amide bonds. The van der Waals surface area contributed by atoms with Gasteiger partial charge in [-0.15, -0.1) is 0 Å². The molecule has 0 unspecified atom stereocenters. The highest BCUT2D eigenvalue weighted by molar-refractivity contribution is 5.96. The van der Waals surface area contributed by atoms with Crippen molar-refractivity contribution in [3.05, 3.63) is 101 Å². The fraction of sp³-hybridized carbons (Fsp3) is 0.130. The van der Waals surface area contributed by atoms with Crippen molar-refractivity contribution in [3.8, 4) is 0 Å². The second-order valence-electron chi connectivity index (χ2n) is 6.40. The molecule has 0 aromatic heterocycles. The standard InChI is InChI=1S/C23H20FNO3/c1-16-11-13-19(14-12-16)25-23(27)22(17-7-3-2-4-8-17)28-21(26)15-18-9-5-6-10-20(18)24/h2-14,22H,15H2,1H3,(H,25,27)/t22-/m0/s1. The van der Waals surface area contributed by atoms with E-state index >= 15 is 0 Å². The number of hydrogen-bond donors (Lipinski definition) is 1. The minimum absolute atomic E-state index is 0.221. The molecule has 1 atom stereocenters. The van der Waals surface area contributed by atoms with Gasteiger partial charge in [-0.25, -0.2) is 4.39 Å². The minimum atomic E-state index is -1.14. The van der Waals surface area contributed by atoms with Crippen molar-refractivity contribution in [1.29, 1.82) is 0 Å². The van der Waals surface area contributed by atoms with E-state index in [0.717, 1.165) is 5.56 Å². The summed E-state index contributed by atoms with van der Waals surface area (Å²) in [6.45, 7) is 1.95. The van der Waals surface area contributed by atoms with Gasteiger partial charge in [0.1, 0.15) is 5.82 Å². The van der Waals surface area contributed by atoms with Gasteiger partial charge in [0, 0.05) is 11.3 Å². The van der Waals surface area contributed by atoms with Crippen LogP contribution in [0.1, 0.15) is 22.8 Å². The summed E-state index contributed by atoms with van der Waals surface area (Å²) < 4.78 is 19.2. The molecule has 3 rings (SSSR count). The number of carbonyl (C=O) groups excluding carboxylic acids is 2. The molecule has 1 N–H and O–H groups in total. The average Bonchev–Trinajstić information content (AvgIpc) is 2.70. The van der Waals surface area contributed by atoms with E-state index in [4.69, 9.17) is 4.74 Å². The fourth-order valence-electron chi connectivity index (χ4n) is 2.72. The number of benzene rings is 3. The third-order valence-corrected chi connectivity index (χ3v) is 4.20. The normalized spacial score (nSPS) is 11.5. The van der Waals surface area contributed by atoms with Crippen molar-refractivity contribution in [3.63, 3.8) is 0 Å². The summed E-state index contributed by atoms with van der Waals surface area (Å²) in [6, 6.07) is 22.0. The Kier molecular flexibility index (Phi) is 6.17. The van der Waals surface area contributed by atoms with E-state index in [1.807, 2.05) is 19.1 Å². The summed E-state index contributed by atoms with van der Waals surface area (Å²) in [5.74, 6) is -1.64. The van der Waals surface area contributed by atoms with Crippen LogP contribution in [0, 0.1) is 12.7 Å². The van der Waals surface area contributed by atoms with Crippen LogP contribution in [0.2, 0.25) is 0 Å². The highest BCUT2D eigenvalue weighted by atomic mass is 19.1. The van der Waals surface area contributed by atoms with E-state index in [1.54, 1.807) is 54.6 Å². The van der Waals surface area contributed by atoms with Crippen LogP contribution in [0.25, 0.3) is 0 Å². The van der Waals surface area contributed by atoms with Crippen LogP contribution < -0.4 is 5.32 Å². The number of anilines is 1. The van der Waals surface area contributed by atoms with E-state index in [1.165, 1.54) is 12.1 Å². The molecule has 0 spiro atoms. The average molecular weight is 377 g/mol. The number of aryl methyl sites for hydroxylation is 1. The monoisotopic (exact) mass is 377 g/mol. The van der Waals surface area contributed by atoms with Gasteiger partial charge in [-0.2, -0.15) is 0 Å². The first kappa shape index (κ1) is 19.3. The molecule has 3 aromatic rings. The number of amides is 1. The number of esters is 1. The third-order valence-electron chi connectivity index (χ3n) is 4.20. The molecule has 0 aliphatic heterocycles. The van der Waals surface area contributed by atoms with Crippen LogP contribution in [0.15, 0.2) is 78.9 Å². The Morgan fingerprint density at radius 1 is 0.929 bits per heavy atom. The smallest absolute Gasteiger partial charge is 0.311 e. The number of ether oxygens (including phenoxy) is 1. The summed E-state index contributed by atoms with van der Waals surface area (Å²) >= 11 is 0. The van der Waals surface area contributed by atoms with Crippen molar-refractivity contribution < 1.29 is 18.7 Å². The van der Waals surface area contributed by atoms with Gasteiger partial charge in [0.05, 0.1) is 6.42 Å². The van der Waals surface area contributed by atoms with Crippen molar-refractivity contribution in [2.45, 2.75) is 19.4 Å². The van der Waals surface area contributed by atoms with Gasteiger partial charge >= 0.3 is 5.97 Å². The Bertz CT molecular complexity index is 955. The van der Waals surface area contributed by atoms with E-state index in [9.17, 15) is 14.0 Å². The molecule has 0 fully saturated rings. The SMILES string of the molecule is Cc1ccc(NC(=O)[C@@H](OC(=O)Cc2ccccc2F)c2ccccc2)cc1. The zero-order chi connectivity index (χ0) is 19.9. The number of nitrogens with one attached hydrogen (secondary N) is 1. The van der Waals surface area contributed by atoms with Crippen molar-refractivity contribution in [2.75, 3.05) is 5.32 Å². The largest absolute Gasteiger partial charge is 0.447 e. The van der Waals surface area contributed by atoms with Crippen LogP contribution in [0.3, 0.4) is 0 Å². The Labute approximate surface area is 163 Å². The maximum absolute atomic E-state index is 13.8. The maximum Gasteiger partial charge on any atom is 0.311 e. The molecule has 0 aliphatic carbocycles. The molecule has 0 saturated heterocycles. The van der Waals surface area contributed by atoms with Gasteiger partial charge in [0.2, 0.25) is 6.10 Å². The predicted molar refractivity (Wildman–Crippen MR) is 105 cm³/mol. The molecule has 0 radical (unpaired) electrons. The number of rotatable bonds is 6. The van der Waals surface area contributed by atoms with Crippen LogP contribution in [-0.2, 0) is 20.7 Å². The molecule has 142 valence electrons. The zero-order valence-corrected chi connectivity index (χ0v) is 15.4. The predicted octanol–water partition coefficient (Wildman–Crippen LogP) is 4.60. The zero-order valence-electron chi connectivity index (χ0n) is 15.4. The second-order valence-corrected chi connectivity index (χ2v) is 6.40. The fourth-order valence-corrected chi connectivity index (χ4v) is 2.72. The Morgan fingerprint density at radius 3 is 2.25 bits per heavy atom. The number of halogens is 1. The Hall–Kier alpha value is -3.47. The van der Waals surface area contributed by atoms with E-state index in [0.29, 0.717) is 11.3 Å². The molecule has 5 heteroatoms. The van der Waals surface area contributed by atoms with Crippen LogP contribution in [-0.4, -0.2) is 11.9 Å². The Morgan fingerprint density at radius 2 is 1.57 bits per heavy atom. The maximum atomic E-state index is 13.8. The highest BCUT2D eigenvalue weighted by Gasteiger charge is 2.25. The topological polar surface area (TPSA) is 55.4 Å². The highest BCUT2D eigenvalue weighted by Crippen LogP contribution is 2.21. The lowest BCUT2D eigenvalue weighted by atomic mass is 10.1. The third kappa shape index (κ3) is 5.04. The number of hydrogen-bond acceptors (Lipinski definition) is 3. The molecular weight excluding hydrogens is 357 g/mol. The summed E-state index contributed by atoms with van der Waals surface area (Å²) in [4.78, 5) is 25.2. The summed E-state index contributed by atoms with van der Waals surface area (Å²) in [5, 5.41) is 2.76. The van der Waals surface area contributed by atoms with Gasteiger partial charge in [-0.1, -0.05) is 66.2 Å². The first-order valence-corrected chi connectivity index (χ1v) is 8.88. The minimum Gasteiger partial charge on any atom is -0.447 e. The van der Waals surface area contributed by atoms with Gasteiger partial charge in [-0.3, -0.25) is 9.59 Å². The number of carbonyl (C=O) groups is 2. The Balaban J connectivity index is 1.77. The van der Waals surface area contributed by atoms with Crippen molar-refractivity contribution in [1.82, 2.24) is 0 Å². The summed E-state index contributed by atoms with van der Waals surface area (Å²) in [7, 11) is 0. The second kappa shape index (κ2) is 8.95. The molecule has 0 heterocycles. The molecule has 4 nitrogen and oxygen atoms in total. The van der Waals surface area contributed by atoms with Crippen LogP contribution >= 0.6 is 0 Å².